The molecule has 0 fully saturated rings. The van der Waals surface area contributed by atoms with Gasteiger partial charge in [0.15, 0.2) is 11.6 Å². The van der Waals surface area contributed by atoms with Gasteiger partial charge in [-0.05, 0) is 36.8 Å². The molecule has 0 unspecified atom stereocenters. The van der Waals surface area contributed by atoms with Gasteiger partial charge in [0.25, 0.3) is 0 Å². The number of aliphatic hydroxyl groups is 1. The Morgan fingerprint density at radius 2 is 1.90 bits per heavy atom. The number of hydrogen-bond acceptors (Lipinski definition) is 2. The van der Waals surface area contributed by atoms with Crippen molar-refractivity contribution in [2.24, 2.45) is 0 Å². The predicted octanol–water partition coefficient (Wildman–Crippen LogP) is 4.36. The Morgan fingerprint density at radius 1 is 1.15 bits per heavy atom. The maximum Gasteiger partial charge on any atom is 0.159 e. The highest BCUT2D eigenvalue weighted by Gasteiger charge is 2.10. The monoisotopic (exact) mass is 342 g/mol. The summed E-state index contributed by atoms with van der Waals surface area (Å²) < 4.78 is 32.3. The molecule has 0 radical (unpaired) electrons. The van der Waals surface area contributed by atoms with Crippen LogP contribution >= 0.6 is 15.9 Å². The molecule has 0 aliphatic carbocycles. The van der Waals surface area contributed by atoms with Gasteiger partial charge in [-0.25, -0.2) is 8.78 Å². The molecule has 20 heavy (non-hydrogen) atoms. The molecule has 0 bridgehead atoms. The van der Waals surface area contributed by atoms with E-state index in [1.54, 1.807) is 25.1 Å². The molecular weight excluding hydrogens is 330 g/mol. The van der Waals surface area contributed by atoms with Crippen molar-refractivity contribution in [3.63, 3.8) is 0 Å². The first-order chi connectivity index (χ1) is 9.47. The summed E-state index contributed by atoms with van der Waals surface area (Å²) in [6.45, 7) is 1.72. The molecule has 1 atom stereocenters. The van der Waals surface area contributed by atoms with Crippen LogP contribution in [0.3, 0.4) is 0 Å². The Bertz CT molecular complexity index is 615. The Kier molecular flexibility index (Phi) is 4.73. The number of benzene rings is 2. The number of aliphatic hydroxyl groups excluding tert-OH is 1. The van der Waals surface area contributed by atoms with Crippen molar-refractivity contribution < 1.29 is 18.6 Å². The molecule has 106 valence electrons. The summed E-state index contributed by atoms with van der Waals surface area (Å²) in [4.78, 5) is 0. The van der Waals surface area contributed by atoms with Crippen LogP contribution in [0.1, 0.15) is 24.2 Å². The van der Waals surface area contributed by atoms with Crippen molar-refractivity contribution in [3.05, 3.63) is 63.6 Å². The summed E-state index contributed by atoms with van der Waals surface area (Å²) in [6.07, 6.45) is -0.678. The van der Waals surface area contributed by atoms with Gasteiger partial charge in [-0.2, -0.15) is 0 Å². The summed E-state index contributed by atoms with van der Waals surface area (Å²) in [5, 5.41) is 9.67. The summed E-state index contributed by atoms with van der Waals surface area (Å²) in [5.74, 6) is -1.30. The lowest BCUT2D eigenvalue weighted by molar-refractivity contribution is 0.190. The topological polar surface area (TPSA) is 29.5 Å². The van der Waals surface area contributed by atoms with Gasteiger partial charge in [-0.15, -0.1) is 0 Å². The van der Waals surface area contributed by atoms with Gasteiger partial charge in [0.1, 0.15) is 12.4 Å². The summed E-state index contributed by atoms with van der Waals surface area (Å²) in [6, 6.07) is 8.88. The molecule has 0 aromatic heterocycles. The summed E-state index contributed by atoms with van der Waals surface area (Å²) in [7, 11) is 0. The third-order valence-electron chi connectivity index (χ3n) is 2.80. The van der Waals surface area contributed by atoms with Crippen LogP contribution in [0.4, 0.5) is 8.78 Å². The van der Waals surface area contributed by atoms with Crippen molar-refractivity contribution in [1.82, 2.24) is 0 Å². The van der Waals surface area contributed by atoms with Gasteiger partial charge in [0.05, 0.1) is 6.10 Å². The SMILES string of the molecule is C[C@H](O)c1ccc(Br)cc1OCc1ccc(F)c(F)c1. The van der Waals surface area contributed by atoms with Crippen LogP contribution in [0.2, 0.25) is 0 Å². The van der Waals surface area contributed by atoms with Crippen molar-refractivity contribution in [2.75, 3.05) is 0 Å². The number of halogens is 3. The molecule has 1 N–H and O–H groups in total. The molecule has 2 nitrogen and oxygen atoms in total. The summed E-state index contributed by atoms with van der Waals surface area (Å²) >= 11 is 3.32. The van der Waals surface area contributed by atoms with E-state index in [0.717, 1.165) is 16.6 Å². The molecule has 0 amide bonds. The molecular formula is C15H13BrF2O2. The van der Waals surface area contributed by atoms with Crippen molar-refractivity contribution >= 4 is 15.9 Å². The average Bonchev–Trinajstić information content (AvgIpc) is 2.40. The molecule has 0 heterocycles. The number of ether oxygens (including phenoxy) is 1. The first kappa shape index (κ1) is 14.9. The van der Waals surface area contributed by atoms with Crippen LogP contribution in [0, 0.1) is 11.6 Å². The zero-order valence-electron chi connectivity index (χ0n) is 10.7. The van der Waals surface area contributed by atoms with Gasteiger partial charge in [-0.3, -0.25) is 0 Å². The molecule has 0 saturated carbocycles. The van der Waals surface area contributed by atoms with Crippen molar-refractivity contribution in [1.29, 1.82) is 0 Å². The second kappa shape index (κ2) is 6.33. The third kappa shape index (κ3) is 3.55. The smallest absolute Gasteiger partial charge is 0.159 e. The highest BCUT2D eigenvalue weighted by atomic mass is 79.9. The fourth-order valence-electron chi connectivity index (χ4n) is 1.77. The van der Waals surface area contributed by atoms with Gasteiger partial charge >= 0.3 is 0 Å². The van der Waals surface area contributed by atoms with Gasteiger partial charge in [0.2, 0.25) is 0 Å². The van der Waals surface area contributed by atoms with Crippen molar-refractivity contribution in [2.45, 2.75) is 19.6 Å². The van der Waals surface area contributed by atoms with Crippen LogP contribution in [0.15, 0.2) is 40.9 Å². The lowest BCUT2D eigenvalue weighted by Gasteiger charge is -2.14. The van der Waals surface area contributed by atoms with Crippen LogP contribution in [0.25, 0.3) is 0 Å². The van der Waals surface area contributed by atoms with Gasteiger partial charge < -0.3 is 9.84 Å². The van der Waals surface area contributed by atoms with Crippen LogP contribution in [-0.2, 0) is 6.61 Å². The van der Waals surface area contributed by atoms with E-state index in [-0.39, 0.29) is 6.61 Å². The minimum absolute atomic E-state index is 0.0906. The minimum Gasteiger partial charge on any atom is -0.488 e. The van der Waals surface area contributed by atoms with E-state index >= 15 is 0 Å². The van der Waals surface area contributed by atoms with Gasteiger partial charge in [0, 0.05) is 10.0 Å². The first-order valence-electron chi connectivity index (χ1n) is 6.01. The largest absolute Gasteiger partial charge is 0.488 e. The van der Waals surface area contributed by atoms with E-state index < -0.39 is 17.7 Å². The highest BCUT2D eigenvalue weighted by Crippen LogP contribution is 2.29. The molecule has 0 spiro atoms. The predicted molar refractivity (Wildman–Crippen MR) is 75.5 cm³/mol. The van der Waals surface area contributed by atoms with Crippen molar-refractivity contribution in [3.8, 4) is 5.75 Å². The lowest BCUT2D eigenvalue weighted by Crippen LogP contribution is -2.01. The lowest BCUT2D eigenvalue weighted by atomic mass is 10.1. The molecule has 0 aliphatic rings. The van der Waals surface area contributed by atoms with E-state index in [4.69, 9.17) is 4.74 Å². The fourth-order valence-corrected chi connectivity index (χ4v) is 2.11. The first-order valence-corrected chi connectivity index (χ1v) is 6.81. The Balaban J connectivity index is 2.17. The second-order valence-corrected chi connectivity index (χ2v) is 5.31. The highest BCUT2D eigenvalue weighted by molar-refractivity contribution is 9.10. The normalized spacial score (nSPS) is 12.2. The van der Waals surface area contributed by atoms with Crippen LogP contribution in [0.5, 0.6) is 5.75 Å². The average molecular weight is 343 g/mol. The molecule has 5 heteroatoms. The number of rotatable bonds is 4. The summed E-state index contributed by atoms with van der Waals surface area (Å²) in [5.41, 5.74) is 1.15. The van der Waals surface area contributed by atoms with E-state index in [9.17, 15) is 13.9 Å². The molecule has 2 rings (SSSR count). The Labute approximate surface area is 124 Å². The third-order valence-corrected chi connectivity index (χ3v) is 3.30. The van der Waals surface area contributed by atoms with E-state index in [1.165, 1.54) is 6.07 Å². The second-order valence-electron chi connectivity index (χ2n) is 4.40. The van der Waals surface area contributed by atoms with E-state index in [0.29, 0.717) is 16.9 Å². The quantitative estimate of drug-likeness (QED) is 0.894. The minimum atomic E-state index is -0.906. The molecule has 0 aliphatic heterocycles. The Hall–Kier alpha value is -1.46. The molecule has 0 saturated heterocycles. The Morgan fingerprint density at radius 3 is 2.55 bits per heavy atom. The maximum atomic E-state index is 13.1. The zero-order chi connectivity index (χ0) is 14.7. The van der Waals surface area contributed by atoms with Crippen LogP contribution in [-0.4, -0.2) is 5.11 Å². The maximum absolute atomic E-state index is 13.1. The molecule has 2 aromatic carbocycles. The van der Waals surface area contributed by atoms with Crippen LogP contribution < -0.4 is 4.74 Å². The van der Waals surface area contributed by atoms with E-state index in [1.807, 2.05) is 0 Å². The standard InChI is InChI=1S/C15H13BrF2O2/c1-9(19)12-4-3-11(16)7-15(12)20-8-10-2-5-13(17)14(18)6-10/h2-7,9,19H,8H2,1H3/t9-/m0/s1. The fraction of sp³-hybridized carbons (Fsp3) is 0.200. The molecule has 2 aromatic rings. The van der Waals surface area contributed by atoms with E-state index in [2.05, 4.69) is 15.9 Å². The number of hydrogen-bond donors (Lipinski definition) is 1. The zero-order valence-corrected chi connectivity index (χ0v) is 12.3. The van der Waals surface area contributed by atoms with Gasteiger partial charge in [-0.1, -0.05) is 28.1 Å².